The maximum atomic E-state index is 14.6. The molecule has 8 nitrogen and oxygen atoms in total. The molecule has 1 saturated heterocycles. The zero-order chi connectivity index (χ0) is 29.8. The third-order valence-corrected chi connectivity index (χ3v) is 8.04. The van der Waals surface area contributed by atoms with Crippen LogP contribution in [0.15, 0.2) is 53.6 Å². The number of nitrogens with one attached hydrogen (secondary N) is 2. The average molecular weight is 575 g/mol. The predicted molar refractivity (Wildman–Crippen MR) is 161 cm³/mol. The van der Waals surface area contributed by atoms with E-state index in [2.05, 4.69) is 38.8 Å². The first-order valence-electron chi connectivity index (χ1n) is 13.7. The number of rotatable bonds is 10. The Kier molecular flexibility index (Phi) is 9.36. The minimum atomic E-state index is -0.807. The molecule has 3 aromatic rings. The Labute approximate surface area is 246 Å². The molecule has 41 heavy (non-hydrogen) atoms. The fraction of sp³-hybridized carbons (Fsp3) is 0.433. The number of aromatic nitrogens is 3. The van der Waals surface area contributed by atoms with E-state index in [9.17, 15) is 14.0 Å². The Morgan fingerprint density at radius 1 is 1.17 bits per heavy atom. The van der Waals surface area contributed by atoms with Crippen molar-refractivity contribution >= 4 is 43.5 Å². The smallest absolute Gasteiger partial charge is 0.266 e. The Balaban J connectivity index is 1.43. The molecule has 2 radical (unpaired) electrons. The predicted octanol–water partition coefficient (Wildman–Crippen LogP) is 4.73. The van der Waals surface area contributed by atoms with E-state index in [0.29, 0.717) is 28.0 Å². The summed E-state index contributed by atoms with van der Waals surface area (Å²) >= 11 is 0.998. The summed E-state index contributed by atoms with van der Waals surface area (Å²) in [5.41, 5.74) is 1.18. The van der Waals surface area contributed by atoms with Gasteiger partial charge in [-0.3, -0.25) is 19.3 Å². The van der Waals surface area contributed by atoms with Crippen molar-refractivity contribution in [3.8, 4) is 0 Å². The first-order valence-corrected chi connectivity index (χ1v) is 14.5. The normalized spacial score (nSPS) is 17.2. The summed E-state index contributed by atoms with van der Waals surface area (Å²) < 4.78 is 17.2. The van der Waals surface area contributed by atoms with Gasteiger partial charge in [0.05, 0.1) is 17.3 Å². The maximum Gasteiger partial charge on any atom is 0.266 e. The van der Waals surface area contributed by atoms with Gasteiger partial charge in [-0.1, -0.05) is 39.0 Å². The number of hydrogen-bond donors (Lipinski definition) is 2. The van der Waals surface area contributed by atoms with Gasteiger partial charge in [-0.05, 0) is 75.0 Å². The van der Waals surface area contributed by atoms with Crippen LogP contribution < -0.4 is 15.6 Å². The molecule has 0 spiro atoms. The van der Waals surface area contributed by atoms with Gasteiger partial charge < -0.3 is 10.2 Å². The van der Waals surface area contributed by atoms with Crippen LogP contribution in [-0.2, 0) is 10.2 Å². The van der Waals surface area contributed by atoms with Gasteiger partial charge in [0.25, 0.3) is 5.91 Å². The molecule has 0 aliphatic carbocycles. The zero-order valence-electron chi connectivity index (χ0n) is 24.1. The van der Waals surface area contributed by atoms with E-state index < -0.39 is 11.9 Å². The Morgan fingerprint density at radius 2 is 1.93 bits per heavy atom. The molecule has 0 bridgehead atoms. The largest absolute Gasteiger partial charge is 0.362 e. The van der Waals surface area contributed by atoms with Crippen LogP contribution >= 0.6 is 11.9 Å². The second-order valence-electron chi connectivity index (χ2n) is 12.1. The monoisotopic (exact) mass is 574 g/mol. The van der Waals surface area contributed by atoms with Gasteiger partial charge in [0, 0.05) is 35.1 Å². The van der Waals surface area contributed by atoms with Crippen LogP contribution in [0.4, 0.5) is 10.2 Å². The minimum Gasteiger partial charge on any atom is -0.362 e. The highest BCUT2D eigenvalue weighted by Gasteiger charge is 2.37. The highest BCUT2D eigenvalue weighted by molar-refractivity contribution is 7.97. The van der Waals surface area contributed by atoms with E-state index in [0.717, 1.165) is 49.9 Å². The van der Waals surface area contributed by atoms with Gasteiger partial charge in [0.15, 0.2) is 0 Å². The molecule has 2 unspecified atom stereocenters. The lowest BCUT2D eigenvalue weighted by Gasteiger charge is -2.27. The molecule has 0 saturated carbocycles. The number of halogens is 1. The summed E-state index contributed by atoms with van der Waals surface area (Å²) in [6.07, 6.45) is 3.52. The first-order chi connectivity index (χ1) is 19.4. The number of amides is 2. The van der Waals surface area contributed by atoms with Crippen LogP contribution in [-0.4, -0.2) is 52.1 Å². The van der Waals surface area contributed by atoms with Crippen LogP contribution in [0.5, 0.6) is 0 Å². The van der Waals surface area contributed by atoms with Crippen LogP contribution in [0.2, 0.25) is 0 Å². The topological polar surface area (TPSA) is 100 Å². The molecule has 0 aromatic carbocycles. The fourth-order valence-electron chi connectivity index (χ4n) is 5.06. The lowest BCUT2D eigenvalue weighted by molar-refractivity contribution is -0.120. The highest BCUT2D eigenvalue weighted by Crippen LogP contribution is 2.35. The number of hydrogen-bond acceptors (Lipinski definition) is 7. The standard InChI is InChI=1S/C30H36BFN6O2S/c1-29(2,3)23-15-13-20(27(32)35-23)28(40)37-41-26-11-7-10-25(36-26)34-22(21-8-6-9-24(31)33-21)14-12-19-16-30(4,5)38(17-19)18-39/h6-11,13,15,18-19,22H,12,14,16-17H2,1-5H3,(H,34,36)(H,37,40). The molecule has 2 atom stereocenters. The molecule has 4 rings (SSSR count). The molecule has 4 heterocycles. The lowest BCUT2D eigenvalue weighted by atomic mass is 9.91. The molecule has 2 amide bonds. The van der Waals surface area contributed by atoms with Crippen molar-refractivity contribution in [1.29, 1.82) is 0 Å². The lowest BCUT2D eigenvalue weighted by Crippen LogP contribution is -2.36. The van der Waals surface area contributed by atoms with E-state index in [4.69, 9.17) is 7.85 Å². The minimum absolute atomic E-state index is 0.129. The van der Waals surface area contributed by atoms with Crippen molar-refractivity contribution in [2.45, 2.75) is 75.9 Å². The first kappa shape index (κ1) is 30.5. The third kappa shape index (κ3) is 7.84. The SMILES string of the molecule is [B]c1cccc(C(CCC2CN(C=O)C(C)(C)C2)Nc2cccc(SNC(=O)c3ccc(C(C)(C)C)nc3F)n2)n1. The number of carbonyl (C=O) groups is 2. The molecular weight excluding hydrogens is 538 g/mol. The fourth-order valence-corrected chi connectivity index (χ4v) is 5.66. The molecule has 2 N–H and O–H groups in total. The van der Waals surface area contributed by atoms with Gasteiger partial charge in [-0.2, -0.15) is 4.39 Å². The van der Waals surface area contributed by atoms with Gasteiger partial charge in [-0.15, -0.1) is 0 Å². The summed E-state index contributed by atoms with van der Waals surface area (Å²) in [7, 11) is 5.99. The van der Waals surface area contributed by atoms with Crippen molar-refractivity contribution in [3.63, 3.8) is 0 Å². The number of likely N-dealkylation sites (tertiary alicyclic amines) is 1. The number of anilines is 1. The molecule has 1 aliphatic rings. The second kappa shape index (κ2) is 12.6. The Morgan fingerprint density at radius 3 is 2.59 bits per heavy atom. The van der Waals surface area contributed by atoms with Crippen molar-refractivity contribution in [2.75, 3.05) is 11.9 Å². The van der Waals surface area contributed by atoms with Crippen molar-refractivity contribution < 1.29 is 14.0 Å². The van der Waals surface area contributed by atoms with E-state index in [1.54, 1.807) is 18.2 Å². The average Bonchev–Trinajstić information content (AvgIpc) is 3.22. The van der Waals surface area contributed by atoms with E-state index >= 15 is 0 Å². The third-order valence-electron chi connectivity index (χ3n) is 7.32. The summed E-state index contributed by atoms with van der Waals surface area (Å²) in [6.45, 7) is 10.7. The van der Waals surface area contributed by atoms with Crippen LogP contribution in [0.1, 0.15) is 81.7 Å². The van der Waals surface area contributed by atoms with Crippen molar-refractivity contribution in [3.05, 3.63) is 71.4 Å². The Hall–Kier alpha value is -3.47. The van der Waals surface area contributed by atoms with Crippen LogP contribution in [0.3, 0.4) is 0 Å². The molecule has 1 aliphatic heterocycles. The van der Waals surface area contributed by atoms with Crippen LogP contribution in [0, 0.1) is 11.9 Å². The van der Waals surface area contributed by atoms with Gasteiger partial charge in [0.1, 0.15) is 18.7 Å². The zero-order valence-corrected chi connectivity index (χ0v) is 25.0. The van der Waals surface area contributed by atoms with Gasteiger partial charge in [0.2, 0.25) is 12.4 Å². The van der Waals surface area contributed by atoms with Crippen LogP contribution in [0.25, 0.3) is 0 Å². The summed E-state index contributed by atoms with van der Waals surface area (Å²) in [5.74, 6) is -0.426. The van der Waals surface area contributed by atoms with Crippen molar-refractivity contribution in [1.82, 2.24) is 24.6 Å². The number of nitrogens with zero attached hydrogens (tertiary/aromatic N) is 4. The number of pyridine rings is 3. The number of carbonyl (C=O) groups excluding carboxylic acids is 2. The van der Waals surface area contributed by atoms with E-state index in [-0.39, 0.29) is 22.6 Å². The summed E-state index contributed by atoms with van der Waals surface area (Å²) in [4.78, 5) is 39.2. The maximum absolute atomic E-state index is 14.6. The summed E-state index contributed by atoms with van der Waals surface area (Å²) in [6, 6.07) is 13.9. The quantitative estimate of drug-likeness (QED) is 0.156. The summed E-state index contributed by atoms with van der Waals surface area (Å²) in [5, 5.41) is 4.00. The molecule has 1 fully saturated rings. The second-order valence-corrected chi connectivity index (χ2v) is 12.9. The van der Waals surface area contributed by atoms with Gasteiger partial charge >= 0.3 is 0 Å². The highest BCUT2D eigenvalue weighted by atomic mass is 32.2. The van der Waals surface area contributed by atoms with E-state index in [1.807, 2.05) is 49.9 Å². The van der Waals surface area contributed by atoms with E-state index in [1.165, 1.54) is 6.07 Å². The Bertz CT molecular complexity index is 1400. The molecule has 3 aromatic heterocycles. The molecule has 11 heteroatoms. The molecule has 214 valence electrons. The van der Waals surface area contributed by atoms with Crippen molar-refractivity contribution in [2.24, 2.45) is 5.92 Å². The molecular formula is C30H36BFN6O2S. The van der Waals surface area contributed by atoms with Gasteiger partial charge in [-0.25, -0.2) is 9.97 Å².